The summed E-state index contributed by atoms with van der Waals surface area (Å²) in [7, 11) is 0.368. The molecular formula is C41H42N2O8P2. The zero-order valence-corrected chi connectivity index (χ0v) is 33.0. The molecule has 3 aromatic rings. The van der Waals surface area contributed by atoms with Gasteiger partial charge in [0.15, 0.2) is 5.16 Å². The predicted molar refractivity (Wildman–Crippen MR) is 202 cm³/mol. The second kappa shape index (κ2) is 11.0. The van der Waals surface area contributed by atoms with Gasteiger partial charge in [0.05, 0.1) is 52.2 Å². The van der Waals surface area contributed by atoms with Crippen molar-refractivity contribution in [2.45, 2.75) is 50.5 Å². The third-order valence-corrected chi connectivity index (χ3v) is 22.1. The van der Waals surface area contributed by atoms with E-state index >= 15 is 4.79 Å². The summed E-state index contributed by atoms with van der Waals surface area (Å²) < 4.78 is 30.3. The minimum absolute atomic E-state index is 0.118. The Labute approximate surface area is 310 Å². The van der Waals surface area contributed by atoms with E-state index in [2.05, 4.69) is 54.9 Å². The Bertz CT molecular complexity index is 2170. The van der Waals surface area contributed by atoms with E-state index < -0.39 is 71.1 Å². The number of benzene rings is 3. The Morgan fingerprint density at radius 2 is 0.981 bits per heavy atom. The molecule has 53 heavy (non-hydrogen) atoms. The largest absolute Gasteiger partial charge is 0.468 e. The number of esters is 4. The number of hydrogen-bond acceptors (Lipinski definition) is 10. The molecule has 4 heterocycles. The molecule has 7 atom stereocenters. The van der Waals surface area contributed by atoms with E-state index in [1.165, 1.54) is 28.4 Å². The molecule has 9 rings (SSSR count). The maximum Gasteiger partial charge on any atom is 0.339 e. The van der Waals surface area contributed by atoms with Gasteiger partial charge in [-0.25, -0.2) is 19.1 Å². The van der Waals surface area contributed by atoms with Crippen LogP contribution in [0, 0.1) is 16.2 Å². The highest BCUT2D eigenvalue weighted by Crippen LogP contribution is 3.09. The second-order valence-electron chi connectivity index (χ2n) is 15.0. The number of rotatable bonds is 8. The average Bonchev–Trinajstić information content (AvgIpc) is 3.79. The molecule has 1 saturated carbocycles. The van der Waals surface area contributed by atoms with Gasteiger partial charge >= 0.3 is 23.9 Å². The monoisotopic (exact) mass is 752 g/mol. The highest BCUT2D eigenvalue weighted by atomic mass is 31.2. The molecule has 0 N–H and O–H groups in total. The molecule has 10 nitrogen and oxygen atoms in total. The topological polar surface area (TPSA) is 121 Å². The maximum atomic E-state index is 15.1. The van der Waals surface area contributed by atoms with Crippen molar-refractivity contribution in [3.63, 3.8) is 0 Å². The van der Waals surface area contributed by atoms with Crippen molar-refractivity contribution in [1.82, 2.24) is 4.67 Å². The van der Waals surface area contributed by atoms with E-state index in [1.807, 2.05) is 75.4 Å². The van der Waals surface area contributed by atoms with Crippen LogP contribution in [0.5, 0.6) is 0 Å². The highest BCUT2D eigenvalue weighted by Gasteiger charge is 3.09. The Kier molecular flexibility index (Phi) is 7.38. The molecule has 4 aliphatic heterocycles. The first kappa shape index (κ1) is 35.5. The van der Waals surface area contributed by atoms with Crippen LogP contribution in [0.2, 0.25) is 0 Å². The van der Waals surface area contributed by atoms with Gasteiger partial charge in [-0.15, -0.1) is 0 Å². The molecule has 6 aliphatic rings. The van der Waals surface area contributed by atoms with Crippen LogP contribution in [0.4, 0.5) is 0 Å². The van der Waals surface area contributed by atoms with Gasteiger partial charge in [-0.05, 0) is 6.92 Å². The number of methoxy groups -OCH3 is 4. The molecule has 0 radical (unpaired) electrons. The van der Waals surface area contributed by atoms with Crippen LogP contribution in [0.3, 0.4) is 0 Å². The lowest BCUT2D eigenvalue weighted by atomic mass is 9.45. The number of nitrogens with zero attached hydrogens (tertiary/aromatic N) is 2. The number of carbonyl (C=O) groups is 4. The molecule has 3 unspecified atom stereocenters. The number of ether oxygens (including phenoxy) is 4. The summed E-state index contributed by atoms with van der Waals surface area (Å²) in [5, 5.41) is 0.258. The van der Waals surface area contributed by atoms with Crippen LogP contribution in [-0.4, -0.2) is 72.8 Å². The van der Waals surface area contributed by atoms with Crippen molar-refractivity contribution >= 4 is 54.9 Å². The van der Waals surface area contributed by atoms with Gasteiger partial charge in [-0.2, -0.15) is 0 Å². The first-order chi connectivity index (χ1) is 25.2. The van der Waals surface area contributed by atoms with E-state index in [0.29, 0.717) is 5.82 Å². The van der Waals surface area contributed by atoms with E-state index in [4.69, 9.17) is 23.7 Å². The summed E-state index contributed by atoms with van der Waals surface area (Å²) in [4.78, 5) is 57.9. The molecule has 8 bridgehead atoms. The van der Waals surface area contributed by atoms with Gasteiger partial charge in [-0.3, -0.25) is 4.79 Å². The second-order valence-corrected chi connectivity index (χ2v) is 20.6. The summed E-state index contributed by atoms with van der Waals surface area (Å²) in [5.74, 6) is -2.25. The lowest BCUT2D eigenvalue weighted by molar-refractivity contribution is -0.157. The lowest BCUT2D eigenvalue weighted by Gasteiger charge is -2.60. The Hall–Kier alpha value is -4.52. The van der Waals surface area contributed by atoms with Gasteiger partial charge in [0.25, 0.3) is 0 Å². The van der Waals surface area contributed by atoms with Crippen LogP contribution in [0.15, 0.2) is 118 Å². The molecule has 2 aliphatic carbocycles. The molecule has 3 aromatic carbocycles. The van der Waals surface area contributed by atoms with Gasteiger partial charge < -0.3 is 23.6 Å². The smallest absolute Gasteiger partial charge is 0.339 e. The van der Waals surface area contributed by atoms with Crippen molar-refractivity contribution < 1.29 is 38.1 Å². The number of hydrogen-bond donors (Lipinski definition) is 0. The van der Waals surface area contributed by atoms with Gasteiger partial charge in [0, 0.05) is 45.4 Å². The van der Waals surface area contributed by atoms with Gasteiger partial charge in [-0.1, -0.05) is 119 Å². The summed E-state index contributed by atoms with van der Waals surface area (Å²) in [6, 6.07) is 30.1. The molecule has 12 heteroatoms. The zero-order chi connectivity index (χ0) is 38.1. The quantitative estimate of drug-likeness (QED) is 0.169. The first-order valence-electron chi connectivity index (χ1n) is 17.4. The highest BCUT2D eigenvalue weighted by molar-refractivity contribution is 7.87. The van der Waals surface area contributed by atoms with Crippen molar-refractivity contribution in [1.29, 1.82) is 0 Å². The Morgan fingerprint density at radius 1 is 0.585 bits per heavy atom. The molecule has 4 fully saturated rings. The fraction of sp³-hybridized carbons (Fsp3) is 0.366. The normalized spacial score (nSPS) is 34.1. The van der Waals surface area contributed by atoms with Crippen molar-refractivity contribution in [2.24, 2.45) is 21.0 Å². The summed E-state index contributed by atoms with van der Waals surface area (Å²) in [5.41, 5.74) is -3.97. The predicted octanol–water partition coefficient (Wildman–Crippen LogP) is 5.41. The summed E-state index contributed by atoms with van der Waals surface area (Å²) >= 11 is 0. The summed E-state index contributed by atoms with van der Waals surface area (Å²) in [6.07, 6.45) is 0. The van der Waals surface area contributed by atoms with Crippen LogP contribution < -0.4 is 15.9 Å². The average molecular weight is 753 g/mol. The van der Waals surface area contributed by atoms with Crippen LogP contribution in [0.25, 0.3) is 0 Å². The third-order valence-electron chi connectivity index (χ3n) is 14.3. The summed E-state index contributed by atoms with van der Waals surface area (Å²) in [6.45, 7) is 10.0. The fourth-order valence-corrected chi connectivity index (χ4v) is 21.1. The van der Waals surface area contributed by atoms with Crippen LogP contribution in [0.1, 0.15) is 34.6 Å². The lowest BCUT2D eigenvalue weighted by Crippen LogP contribution is -2.70. The minimum Gasteiger partial charge on any atom is -0.468 e. The van der Waals surface area contributed by atoms with Crippen molar-refractivity contribution in [3.05, 3.63) is 114 Å². The molecule has 0 aromatic heterocycles. The SMILES string of the molecule is COC(=O)C1=C(N=P(c2ccccc2)(c2ccccc2)c2ccccc2)N2P3[C@@]1(C(=O)OC)C1(C)C2(C)[C@@]2(C)C(C(=O)OC)=C(C(=O)OC)[C@@]1(C)[C@@]32C. The van der Waals surface area contributed by atoms with E-state index in [0.717, 1.165) is 15.9 Å². The molecule has 274 valence electrons. The van der Waals surface area contributed by atoms with Gasteiger partial charge in [0.2, 0.25) is 0 Å². The fourth-order valence-electron chi connectivity index (χ4n) is 12.0. The van der Waals surface area contributed by atoms with Crippen molar-refractivity contribution in [3.8, 4) is 0 Å². The maximum absolute atomic E-state index is 15.1. The van der Waals surface area contributed by atoms with E-state index in [-0.39, 0.29) is 16.7 Å². The van der Waals surface area contributed by atoms with E-state index in [9.17, 15) is 14.4 Å². The van der Waals surface area contributed by atoms with Crippen LogP contribution in [-0.2, 0) is 38.1 Å². The molecule has 0 amide bonds. The molecular weight excluding hydrogens is 710 g/mol. The van der Waals surface area contributed by atoms with Gasteiger partial charge in [0.1, 0.15) is 11.4 Å². The minimum atomic E-state index is -3.02. The Balaban J connectivity index is 1.60. The van der Waals surface area contributed by atoms with Crippen molar-refractivity contribution in [2.75, 3.05) is 28.4 Å². The molecule has 3 saturated heterocycles. The number of carbonyl (C=O) groups excluding carboxylic acids is 4. The Morgan fingerprint density at radius 3 is 1.38 bits per heavy atom. The first-order valence-corrected chi connectivity index (χ1v) is 20.5. The third kappa shape index (κ3) is 3.23. The van der Waals surface area contributed by atoms with E-state index in [1.54, 1.807) is 0 Å². The zero-order valence-electron chi connectivity index (χ0n) is 31.2. The molecule has 0 spiro atoms. The van der Waals surface area contributed by atoms with Crippen LogP contribution >= 0.6 is 15.1 Å². The standard InChI is InChI=1S/C41H42N2O8P2/c1-36-28(32(44)48-6)29(33(45)49-7)37(2)39(4)38(36,3)41(35(47)51-9)30(34(46)50-8)31(43(39)52(41)40(36,37)5)42-53(25-19-13-10-14-20-25,26-21-15-11-16-22-26)27-23-17-12-18-24-27/h10-24H,1-9H3/t36-,37-,38?,39?,40-,41+,52?/m1/s1.